The molecule has 1 N–H and O–H groups in total. The summed E-state index contributed by atoms with van der Waals surface area (Å²) in [4.78, 5) is 17.9. The Hall–Kier alpha value is -1.14. The Morgan fingerprint density at radius 3 is 3.05 bits per heavy atom. The van der Waals surface area contributed by atoms with Crippen LogP contribution in [0.2, 0.25) is 0 Å². The van der Waals surface area contributed by atoms with Crippen molar-refractivity contribution in [3.05, 3.63) is 11.1 Å². The lowest BCUT2D eigenvalue weighted by Crippen LogP contribution is -2.36. The summed E-state index contributed by atoms with van der Waals surface area (Å²) in [6, 6.07) is 1.25. The molecular formula is C13H21N3O2S. The van der Waals surface area contributed by atoms with Crippen molar-refractivity contribution in [3.63, 3.8) is 0 Å². The quantitative estimate of drug-likeness (QED) is 0.773. The molecule has 106 valence electrons. The number of esters is 1. The monoisotopic (exact) mass is 283 g/mol. The van der Waals surface area contributed by atoms with Crippen LogP contribution >= 0.6 is 11.3 Å². The van der Waals surface area contributed by atoms with Crippen molar-refractivity contribution < 1.29 is 9.53 Å². The van der Waals surface area contributed by atoms with Gasteiger partial charge in [0.15, 0.2) is 5.13 Å². The summed E-state index contributed by atoms with van der Waals surface area (Å²) in [5.74, 6) is -0.251. The van der Waals surface area contributed by atoms with Crippen LogP contribution in [0, 0.1) is 0 Å². The van der Waals surface area contributed by atoms with Gasteiger partial charge in [-0.3, -0.25) is 9.69 Å². The maximum Gasteiger partial charge on any atom is 0.311 e. The summed E-state index contributed by atoms with van der Waals surface area (Å²) in [5, 5.41) is 6.10. The number of hydrogen-bond donors (Lipinski definition) is 1. The molecule has 1 heterocycles. The van der Waals surface area contributed by atoms with E-state index in [-0.39, 0.29) is 12.4 Å². The highest BCUT2D eigenvalue weighted by Crippen LogP contribution is 2.27. The number of thiazole rings is 1. The third kappa shape index (κ3) is 4.18. The zero-order valence-corrected chi connectivity index (χ0v) is 12.5. The normalized spacial score (nSPS) is 16.4. The number of rotatable bonds is 7. The van der Waals surface area contributed by atoms with E-state index in [9.17, 15) is 4.79 Å². The first-order valence-corrected chi connectivity index (χ1v) is 7.45. The Kier molecular flexibility index (Phi) is 4.76. The predicted octanol–water partition coefficient (Wildman–Crippen LogP) is 1.75. The first kappa shape index (κ1) is 14.3. The SMILES string of the molecule is COC(=O)Cc1csc(NCC(C)N(C)C2CC2)n1. The summed E-state index contributed by atoms with van der Waals surface area (Å²) in [5.41, 5.74) is 0.766. The van der Waals surface area contributed by atoms with E-state index in [1.165, 1.54) is 31.3 Å². The number of carbonyl (C=O) groups is 1. The standard InChI is InChI=1S/C13H21N3O2S/c1-9(16(2)11-4-5-11)7-14-13-15-10(8-19-13)6-12(17)18-3/h8-9,11H,4-7H2,1-3H3,(H,14,15). The van der Waals surface area contributed by atoms with E-state index in [0.29, 0.717) is 6.04 Å². The van der Waals surface area contributed by atoms with Crippen molar-refractivity contribution in [1.82, 2.24) is 9.88 Å². The molecule has 1 aromatic rings. The molecule has 19 heavy (non-hydrogen) atoms. The Morgan fingerprint density at radius 2 is 2.42 bits per heavy atom. The van der Waals surface area contributed by atoms with Gasteiger partial charge >= 0.3 is 5.97 Å². The Labute approximate surface area is 118 Å². The molecule has 0 aromatic carbocycles. The molecular weight excluding hydrogens is 262 g/mol. The number of hydrogen-bond acceptors (Lipinski definition) is 6. The smallest absolute Gasteiger partial charge is 0.311 e. The maximum atomic E-state index is 11.1. The first-order valence-electron chi connectivity index (χ1n) is 6.57. The first-order chi connectivity index (χ1) is 9.10. The molecule has 1 aromatic heterocycles. The Bertz CT molecular complexity index is 431. The molecule has 0 radical (unpaired) electrons. The van der Waals surface area contributed by atoms with Crippen LogP contribution in [-0.4, -0.2) is 48.6 Å². The van der Waals surface area contributed by atoms with Gasteiger partial charge in [-0.05, 0) is 26.8 Å². The van der Waals surface area contributed by atoms with Crippen LogP contribution in [0.3, 0.4) is 0 Å². The number of nitrogens with zero attached hydrogens (tertiary/aromatic N) is 2. The minimum Gasteiger partial charge on any atom is -0.469 e. The van der Waals surface area contributed by atoms with Crippen molar-refractivity contribution in [2.75, 3.05) is 26.0 Å². The lowest BCUT2D eigenvalue weighted by atomic mass is 10.3. The predicted molar refractivity (Wildman–Crippen MR) is 76.6 cm³/mol. The van der Waals surface area contributed by atoms with Crippen LogP contribution in [0.1, 0.15) is 25.5 Å². The van der Waals surface area contributed by atoms with Crippen LogP contribution in [0.4, 0.5) is 5.13 Å². The van der Waals surface area contributed by atoms with Gasteiger partial charge in [0.05, 0.1) is 19.2 Å². The third-order valence-corrected chi connectivity index (χ3v) is 4.32. The molecule has 6 heteroatoms. The van der Waals surface area contributed by atoms with Crippen molar-refractivity contribution in [1.29, 1.82) is 0 Å². The lowest BCUT2D eigenvalue weighted by Gasteiger charge is -2.24. The van der Waals surface area contributed by atoms with Gasteiger partial charge in [0, 0.05) is 24.0 Å². The van der Waals surface area contributed by atoms with E-state index < -0.39 is 0 Å². The van der Waals surface area contributed by atoms with Gasteiger partial charge in [-0.2, -0.15) is 0 Å². The molecule has 0 amide bonds. The van der Waals surface area contributed by atoms with Gasteiger partial charge in [0.1, 0.15) is 0 Å². The zero-order valence-electron chi connectivity index (χ0n) is 11.7. The maximum absolute atomic E-state index is 11.1. The average molecular weight is 283 g/mol. The highest BCUT2D eigenvalue weighted by molar-refractivity contribution is 7.13. The van der Waals surface area contributed by atoms with Gasteiger partial charge in [-0.25, -0.2) is 4.98 Å². The van der Waals surface area contributed by atoms with Crippen molar-refractivity contribution in [3.8, 4) is 0 Å². The molecule has 1 saturated carbocycles. The van der Waals surface area contributed by atoms with E-state index in [4.69, 9.17) is 0 Å². The summed E-state index contributed by atoms with van der Waals surface area (Å²) in [6.07, 6.45) is 2.88. The number of carbonyl (C=O) groups excluding carboxylic acids is 1. The van der Waals surface area contributed by atoms with E-state index in [0.717, 1.165) is 23.4 Å². The summed E-state index contributed by atoms with van der Waals surface area (Å²) in [6.45, 7) is 3.09. The van der Waals surface area contributed by atoms with Crippen molar-refractivity contribution >= 4 is 22.4 Å². The molecule has 0 spiro atoms. The molecule has 1 aliphatic rings. The molecule has 0 saturated heterocycles. The number of anilines is 1. The van der Waals surface area contributed by atoms with Crippen LogP contribution < -0.4 is 5.32 Å². The van der Waals surface area contributed by atoms with E-state index in [2.05, 4.69) is 33.9 Å². The summed E-state index contributed by atoms with van der Waals surface area (Å²) in [7, 11) is 3.57. The average Bonchev–Trinajstić information content (AvgIpc) is 3.16. The highest BCUT2D eigenvalue weighted by atomic mass is 32.1. The fourth-order valence-electron chi connectivity index (χ4n) is 1.91. The molecule has 5 nitrogen and oxygen atoms in total. The Morgan fingerprint density at radius 1 is 1.68 bits per heavy atom. The van der Waals surface area contributed by atoms with Crippen molar-refractivity contribution in [2.45, 2.75) is 38.3 Å². The van der Waals surface area contributed by atoms with E-state index >= 15 is 0 Å². The van der Waals surface area contributed by atoms with E-state index in [1.807, 2.05) is 5.38 Å². The van der Waals surface area contributed by atoms with E-state index in [1.54, 1.807) is 0 Å². The molecule has 2 rings (SSSR count). The Balaban J connectivity index is 1.77. The largest absolute Gasteiger partial charge is 0.469 e. The van der Waals surface area contributed by atoms with Gasteiger partial charge in [-0.1, -0.05) is 0 Å². The topological polar surface area (TPSA) is 54.5 Å². The van der Waals surface area contributed by atoms with Gasteiger partial charge in [0.2, 0.25) is 0 Å². The van der Waals surface area contributed by atoms with Crippen LogP contribution in [-0.2, 0) is 16.0 Å². The number of aromatic nitrogens is 1. The number of methoxy groups -OCH3 is 1. The van der Waals surface area contributed by atoms with Crippen molar-refractivity contribution in [2.24, 2.45) is 0 Å². The second-order valence-corrected chi connectivity index (χ2v) is 5.88. The third-order valence-electron chi connectivity index (χ3n) is 3.47. The van der Waals surface area contributed by atoms with Gasteiger partial charge in [0.25, 0.3) is 0 Å². The molecule has 1 aliphatic carbocycles. The minimum absolute atomic E-state index is 0.242. The van der Waals surface area contributed by atoms with Gasteiger partial charge < -0.3 is 10.1 Å². The summed E-state index contributed by atoms with van der Waals surface area (Å²) >= 11 is 1.53. The molecule has 1 atom stereocenters. The molecule has 1 unspecified atom stereocenters. The molecule has 0 bridgehead atoms. The van der Waals surface area contributed by atoms with Crippen LogP contribution in [0.15, 0.2) is 5.38 Å². The number of nitrogens with one attached hydrogen (secondary N) is 1. The number of ether oxygens (including phenoxy) is 1. The fourth-order valence-corrected chi connectivity index (χ4v) is 2.63. The minimum atomic E-state index is -0.251. The van der Waals surface area contributed by atoms with Crippen LogP contribution in [0.25, 0.3) is 0 Å². The highest BCUT2D eigenvalue weighted by Gasteiger charge is 2.28. The molecule has 0 aliphatic heterocycles. The fraction of sp³-hybridized carbons (Fsp3) is 0.692. The van der Waals surface area contributed by atoms with Gasteiger partial charge in [-0.15, -0.1) is 11.3 Å². The zero-order chi connectivity index (χ0) is 13.8. The molecule has 1 fully saturated rings. The second-order valence-electron chi connectivity index (χ2n) is 5.02. The second kappa shape index (κ2) is 6.34. The van der Waals surface area contributed by atoms with Crippen LogP contribution in [0.5, 0.6) is 0 Å². The summed E-state index contributed by atoms with van der Waals surface area (Å²) < 4.78 is 4.62. The number of likely N-dealkylation sites (N-methyl/N-ethyl adjacent to an activating group) is 1. The lowest BCUT2D eigenvalue weighted by molar-refractivity contribution is -0.139.